The number of benzene rings is 1. The fraction of sp³-hybridized carbons (Fsp3) is 0.0952. The first-order chi connectivity index (χ1) is 14.4. The zero-order valence-corrected chi connectivity index (χ0v) is 16.5. The number of aryl methyl sites for hydroxylation is 2. The van der Waals surface area contributed by atoms with Crippen molar-refractivity contribution in [1.29, 1.82) is 0 Å². The predicted octanol–water partition coefficient (Wildman–Crippen LogP) is 2.69. The van der Waals surface area contributed by atoms with Crippen molar-refractivity contribution in [2.75, 3.05) is 10.6 Å². The Morgan fingerprint density at radius 3 is 2.80 bits per heavy atom. The summed E-state index contributed by atoms with van der Waals surface area (Å²) in [5, 5.41) is 10.8. The van der Waals surface area contributed by atoms with E-state index in [1.165, 1.54) is 16.7 Å². The monoisotopic (exact) mass is 401 g/mol. The van der Waals surface area contributed by atoms with Gasteiger partial charge in [0.15, 0.2) is 5.65 Å². The molecule has 0 bridgehead atoms. The van der Waals surface area contributed by atoms with E-state index in [1.54, 1.807) is 41.2 Å². The van der Waals surface area contributed by atoms with Crippen molar-refractivity contribution in [3.8, 4) is 5.69 Å². The predicted molar refractivity (Wildman–Crippen MR) is 115 cm³/mol. The molecule has 0 fully saturated rings. The molecule has 0 saturated carbocycles. The number of nitrogens with zero attached hydrogens (tertiary/aromatic N) is 5. The normalized spacial score (nSPS) is 10.7. The van der Waals surface area contributed by atoms with Crippen molar-refractivity contribution in [2.24, 2.45) is 7.05 Å². The molecule has 0 atom stereocenters. The summed E-state index contributed by atoms with van der Waals surface area (Å²) in [6, 6.07) is 10.1. The molecule has 0 aliphatic carbocycles. The minimum Gasteiger partial charge on any atom is -0.322 e. The third-order valence-electron chi connectivity index (χ3n) is 4.45. The second-order valence-electron chi connectivity index (χ2n) is 6.65. The Morgan fingerprint density at radius 2 is 2.07 bits per heavy atom. The lowest BCUT2D eigenvalue weighted by Crippen LogP contribution is -2.19. The molecule has 0 radical (unpaired) electrons. The number of pyridine rings is 1. The fourth-order valence-electron chi connectivity index (χ4n) is 3.09. The Hall–Kier alpha value is -4.27. The van der Waals surface area contributed by atoms with Crippen LogP contribution in [0.3, 0.4) is 0 Å². The maximum atomic E-state index is 12.7. The molecule has 9 nitrogen and oxygen atoms in total. The number of aromatic nitrogens is 5. The molecule has 2 N–H and O–H groups in total. The van der Waals surface area contributed by atoms with Crippen molar-refractivity contribution in [2.45, 2.75) is 6.92 Å². The summed E-state index contributed by atoms with van der Waals surface area (Å²) in [4.78, 5) is 33.2. The first-order valence-electron chi connectivity index (χ1n) is 9.14. The Labute approximate surface area is 171 Å². The third-order valence-corrected chi connectivity index (χ3v) is 4.45. The van der Waals surface area contributed by atoms with Gasteiger partial charge in [-0.05, 0) is 37.3 Å². The number of amides is 1. The van der Waals surface area contributed by atoms with Gasteiger partial charge in [0.05, 0.1) is 17.1 Å². The standard InChI is InChI=1S/C21H19N7O2/c1-4-18(29)23-15-6-5-7-16(10-15)28-19(30)9-8-14-11-22-21(25-20(14)28)24-17-12-27(3)26-13(17)2/h4-12H,1H2,2-3H3,(H,23,29)(H,22,24,25). The Kier molecular flexibility index (Phi) is 4.85. The topological polar surface area (TPSA) is 107 Å². The van der Waals surface area contributed by atoms with Crippen LogP contribution in [0.5, 0.6) is 0 Å². The van der Waals surface area contributed by atoms with Crippen molar-refractivity contribution in [1.82, 2.24) is 24.3 Å². The number of anilines is 3. The Balaban J connectivity index is 1.81. The maximum Gasteiger partial charge on any atom is 0.256 e. The van der Waals surface area contributed by atoms with Gasteiger partial charge in [0.2, 0.25) is 11.9 Å². The molecule has 9 heteroatoms. The lowest BCUT2D eigenvalue weighted by Gasteiger charge is -2.12. The Morgan fingerprint density at radius 1 is 1.23 bits per heavy atom. The molecule has 0 aliphatic heterocycles. The number of rotatable bonds is 5. The van der Waals surface area contributed by atoms with Gasteiger partial charge in [0.1, 0.15) is 0 Å². The molecular formula is C21H19N7O2. The van der Waals surface area contributed by atoms with E-state index < -0.39 is 0 Å². The zero-order valence-electron chi connectivity index (χ0n) is 16.5. The summed E-state index contributed by atoms with van der Waals surface area (Å²) in [5.74, 6) is 0.00660. The van der Waals surface area contributed by atoms with Crippen LogP contribution in [0, 0.1) is 6.92 Å². The summed E-state index contributed by atoms with van der Waals surface area (Å²) >= 11 is 0. The van der Waals surface area contributed by atoms with Gasteiger partial charge < -0.3 is 10.6 Å². The second kappa shape index (κ2) is 7.63. The van der Waals surface area contributed by atoms with Crippen molar-refractivity contribution < 1.29 is 4.79 Å². The highest BCUT2D eigenvalue weighted by Crippen LogP contribution is 2.21. The summed E-state index contributed by atoms with van der Waals surface area (Å²) < 4.78 is 3.17. The quantitative estimate of drug-likeness (QED) is 0.498. The lowest BCUT2D eigenvalue weighted by atomic mass is 10.2. The highest BCUT2D eigenvalue weighted by molar-refractivity contribution is 5.99. The average molecular weight is 401 g/mol. The molecule has 1 aromatic carbocycles. The van der Waals surface area contributed by atoms with Gasteiger partial charge in [-0.25, -0.2) is 4.98 Å². The van der Waals surface area contributed by atoms with Crippen LogP contribution in [0.2, 0.25) is 0 Å². The summed E-state index contributed by atoms with van der Waals surface area (Å²) in [5.41, 5.74) is 2.87. The highest BCUT2D eigenvalue weighted by atomic mass is 16.1. The van der Waals surface area contributed by atoms with Gasteiger partial charge >= 0.3 is 0 Å². The molecule has 30 heavy (non-hydrogen) atoms. The van der Waals surface area contributed by atoms with Crippen LogP contribution < -0.4 is 16.2 Å². The largest absolute Gasteiger partial charge is 0.322 e. The molecule has 4 aromatic rings. The molecule has 0 aliphatic rings. The van der Waals surface area contributed by atoms with Crippen LogP contribution in [0.4, 0.5) is 17.3 Å². The highest BCUT2D eigenvalue weighted by Gasteiger charge is 2.11. The first kappa shape index (κ1) is 19.1. The Bertz CT molecular complexity index is 1340. The van der Waals surface area contributed by atoms with Crippen LogP contribution in [0.15, 0.2) is 66.2 Å². The number of hydrogen-bond donors (Lipinski definition) is 2. The van der Waals surface area contributed by atoms with E-state index in [2.05, 4.69) is 32.3 Å². The summed E-state index contributed by atoms with van der Waals surface area (Å²) in [7, 11) is 1.83. The summed E-state index contributed by atoms with van der Waals surface area (Å²) in [6.45, 7) is 5.32. The van der Waals surface area contributed by atoms with Gasteiger partial charge in [-0.1, -0.05) is 12.6 Å². The van der Waals surface area contributed by atoms with Crippen LogP contribution in [0.1, 0.15) is 5.69 Å². The molecular weight excluding hydrogens is 382 g/mol. The first-order valence-corrected chi connectivity index (χ1v) is 9.14. The summed E-state index contributed by atoms with van der Waals surface area (Å²) in [6.07, 6.45) is 4.66. The minimum absolute atomic E-state index is 0.253. The molecule has 4 rings (SSSR count). The average Bonchev–Trinajstić information content (AvgIpc) is 3.04. The van der Waals surface area contributed by atoms with E-state index in [1.807, 2.05) is 20.2 Å². The van der Waals surface area contributed by atoms with Crippen molar-refractivity contribution >= 4 is 34.3 Å². The molecule has 1 amide bonds. The van der Waals surface area contributed by atoms with Crippen LogP contribution >= 0.6 is 0 Å². The number of carbonyl (C=O) groups is 1. The van der Waals surface area contributed by atoms with Crippen molar-refractivity contribution in [3.63, 3.8) is 0 Å². The number of hydrogen-bond acceptors (Lipinski definition) is 6. The van der Waals surface area contributed by atoms with Crippen molar-refractivity contribution in [3.05, 3.63) is 77.5 Å². The van der Waals surface area contributed by atoms with Crippen LogP contribution in [-0.2, 0) is 11.8 Å². The van der Waals surface area contributed by atoms with Gasteiger partial charge in [0, 0.05) is 36.6 Å². The number of fused-ring (bicyclic) bond motifs is 1. The molecule has 0 saturated heterocycles. The van der Waals surface area contributed by atoms with E-state index in [0.29, 0.717) is 28.4 Å². The second-order valence-corrected chi connectivity index (χ2v) is 6.65. The van der Waals surface area contributed by atoms with Gasteiger partial charge in [-0.15, -0.1) is 0 Å². The van der Waals surface area contributed by atoms with E-state index in [0.717, 1.165) is 11.4 Å². The lowest BCUT2D eigenvalue weighted by molar-refractivity contribution is -0.111. The van der Waals surface area contributed by atoms with E-state index >= 15 is 0 Å². The number of carbonyl (C=O) groups excluding carboxylic acids is 1. The third kappa shape index (κ3) is 3.68. The zero-order chi connectivity index (χ0) is 21.3. The molecule has 0 spiro atoms. The van der Waals surface area contributed by atoms with Crippen LogP contribution in [-0.4, -0.2) is 30.2 Å². The fourth-order valence-corrected chi connectivity index (χ4v) is 3.09. The van der Waals surface area contributed by atoms with E-state index in [9.17, 15) is 9.59 Å². The van der Waals surface area contributed by atoms with E-state index in [4.69, 9.17) is 0 Å². The molecule has 3 aromatic heterocycles. The van der Waals surface area contributed by atoms with Gasteiger partial charge in [-0.3, -0.25) is 18.8 Å². The minimum atomic E-state index is -0.335. The molecule has 150 valence electrons. The van der Waals surface area contributed by atoms with E-state index in [-0.39, 0.29) is 11.5 Å². The SMILES string of the molecule is C=CC(=O)Nc1cccc(-n2c(=O)ccc3cnc(Nc4cn(C)nc4C)nc32)c1. The van der Waals surface area contributed by atoms with Gasteiger partial charge in [0.25, 0.3) is 5.56 Å². The van der Waals surface area contributed by atoms with Crippen LogP contribution in [0.25, 0.3) is 16.7 Å². The molecule has 0 unspecified atom stereocenters. The molecule has 3 heterocycles. The smallest absolute Gasteiger partial charge is 0.256 e. The van der Waals surface area contributed by atoms with Gasteiger partial charge in [-0.2, -0.15) is 10.1 Å². The number of nitrogens with one attached hydrogen (secondary N) is 2. The maximum absolute atomic E-state index is 12.7.